The average molecular weight is 265 g/mol. The van der Waals surface area contributed by atoms with Crippen LogP contribution in [0.25, 0.3) is 10.9 Å². The van der Waals surface area contributed by atoms with E-state index >= 15 is 0 Å². The quantitative estimate of drug-likeness (QED) is 0.584. The molecule has 0 aliphatic carbocycles. The van der Waals surface area contributed by atoms with Crippen molar-refractivity contribution in [1.29, 1.82) is 0 Å². The maximum absolute atomic E-state index is 11.6. The molecular weight excluding hydrogens is 254 g/mol. The molecule has 5 nitrogen and oxygen atoms in total. The van der Waals surface area contributed by atoms with Gasteiger partial charge < -0.3 is 4.42 Å². The second-order valence-electron chi connectivity index (χ2n) is 4.13. The van der Waals surface area contributed by atoms with Gasteiger partial charge in [0.25, 0.3) is 0 Å². The van der Waals surface area contributed by atoms with Crippen LogP contribution in [0.1, 0.15) is 16.1 Å². The SMILES string of the molecule is O=C(N/N=C\c1ccc2cccnc2c1)c1ccco1. The summed E-state index contributed by atoms with van der Waals surface area (Å²) in [7, 11) is 0. The molecule has 0 aliphatic heterocycles. The number of nitrogens with zero attached hydrogens (tertiary/aromatic N) is 2. The van der Waals surface area contributed by atoms with E-state index in [4.69, 9.17) is 4.42 Å². The van der Waals surface area contributed by atoms with Crippen molar-refractivity contribution in [3.05, 3.63) is 66.2 Å². The Morgan fingerprint density at radius 2 is 2.20 bits per heavy atom. The van der Waals surface area contributed by atoms with Gasteiger partial charge in [-0.3, -0.25) is 9.78 Å². The molecule has 98 valence electrons. The van der Waals surface area contributed by atoms with Gasteiger partial charge >= 0.3 is 5.91 Å². The standard InChI is InChI=1S/C15H11N3O2/c19-15(14-4-2-8-20-14)18-17-10-11-5-6-12-3-1-7-16-13(12)9-11/h1-10H,(H,18,19)/b17-10-. The lowest BCUT2D eigenvalue weighted by molar-refractivity contribution is 0.0927. The van der Waals surface area contributed by atoms with Gasteiger partial charge in [0.2, 0.25) is 0 Å². The minimum absolute atomic E-state index is 0.224. The van der Waals surface area contributed by atoms with E-state index in [1.165, 1.54) is 6.26 Å². The van der Waals surface area contributed by atoms with Crippen LogP contribution in [0.5, 0.6) is 0 Å². The van der Waals surface area contributed by atoms with Crippen LogP contribution in [-0.2, 0) is 0 Å². The summed E-state index contributed by atoms with van der Waals surface area (Å²) in [6, 6.07) is 12.9. The summed E-state index contributed by atoms with van der Waals surface area (Å²) >= 11 is 0. The third kappa shape index (κ3) is 2.56. The first-order valence-electron chi connectivity index (χ1n) is 6.04. The van der Waals surface area contributed by atoms with Crippen molar-refractivity contribution < 1.29 is 9.21 Å². The van der Waals surface area contributed by atoms with E-state index in [0.29, 0.717) is 0 Å². The molecule has 1 N–H and O–H groups in total. The van der Waals surface area contributed by atoms with Gasteiger partial charge in [0.1, 0.15) is 0 Å². The van der Waals surface area contributed by atoms with Crippen LogP contribution in [0, 0.1) is 0 Å². The normalized spacial score (nSPS) is 11.0. The number of hydrogen-bond acceptors (Lipinski definition) is 4. The Labute approximate surface area is 114 Å². The maximum atomic E-state index is 11.6. The number of fused-ring (bicyclic) bond motifs is 1. The zero-order valence-corrected chi connectivity index (χ0v) is 10.5. The molecule has 1 aromatic carbocycles. The Morgan fingerprint density at radius 3 is 3.05 bits per heavy atom. The maximum Gasteiger partial charge on any atom is 0.307 e. The number of rotatable bonds is 3. The zero-order valence-electron chi connectivity index (χ0n) is 10.5. The molecule has 2 aromatic heterocycles. The number of carbonyl (C=O) groups is 1. The van der Waals surface area contributed by atoms with Crippen molar-refractivity contribution in [2.45, 2.75) is 0 Å². The van der Waals surface area contributed by atoms with Crippen molar-refractivity contribution in [2.24, 2.45) is 5.10 Å². The highest BCUT2D eigenvalue weighted by Crippen LogP contribution is 2.11. The molecule has 0 fully saturated rings. The van der Waals surface area contributed by atoms with E-state index in [9.17, 15) is 4.79 Å². The first-order chi connectivity index (χ1) is 9.83. The number of pyridine rings is 1. The Hall–Kier alpha value is -2.95. The molecule has 0 aliphatic rings. The summed E-state index contributed by atoms with van der Waals surface area (Å²) in [5, 5.41) is 4.95. The summed E-state index contributed by atoms with van der Waals surface area (Å²) in [4.78, 5) is 15.8. The van der Waals surface area contributed by atoms with Crippen LogP contribution >= 0.6 is 0 Å². The number of benzene rings is 1. The van der Waals surface area contributed by atoms with Crippen LogP contribution in [0.3, 0.4) is 0 Å². The predicted octanol–water partition coefficient (Wildman–Crippen LogP) is 2.59. The number of nitrogens with one attached hydrogen (secondary N) is 1. The van der Waals surface area contributed by atoms with Crippen molar-refractivity contribution >= 4 is 23.0 Å². The highest BCUT2D eigenvalue weighted by Gasteiger charge is 2.05. The number of amides is 1. The molecule has 3 aromatic rings. The molecule has 0 atom stereocenters. The van der Waals surface area contributed by atoms with Gasteiger partial charge in [-0.25, -0.2) is 5.43 Å². The Morgan fingerprint density at radius 1 is 1.25 bits per heavy atom. The van der Waals surface area contributed by atoms with E-state index in [2.05, 4.69) is 15.5 Å². The molecule has 0 bridgehead atoms. The molecule has 3 rings (SSSR count). The van der Waals surface area contributed by atoms with Crippen molar-refractivity contribution in [3.8, 4) is 0 Å². The number of furan rings is 1. The van der Waals surface area contributed by atoms with Crippen LogP contribution in [0.4, 0.5) is 0 Å². The van der Waals surface area contributed by atoms with E-state index < -0.39 is 0 Å². The lowest BCUT2D eigenvalue weighted by atomic mass is 10.1. The fraction of sp³-hybridized carbons (Fsp3) is 0. The van der Waals surface area contributed by atoms with E-state index in [1.807, 2.05) is 30.3 Å². The summed E-state index contributed by atoms with van der Waals surface area (Å²) in [6.45, 7) is 0. The second-order valence-corrected chi connectivity index (χ2v) is 4.13. The van der Waals surface area contributed by atoms with Gasteiger partial charge in [0.05, 0.1) is 18.0 Å². The van der Waals surface area contributed by atoms with E-state index in [-0.39, 0.29) is 11.7 Å². The largest absolute Gasteiger partial charge is 0.459 e. The zero-order chi connectivity index (χ0) is 13.8. The fourth-order valence-electron chi connectivity index (χ4n) is 1.79. The first-order valence-corrected chi connectivity index (χ1v) is 6.04. The minimum atomic E-state index is -0.384. The van der Waals surface area contributed by atoms with Crippen LogP contribution in [-0.4, -0.2) is 17.1 Å². The molecule has 0 saturated carbocycles. The second kappa shape index (κ2) is 5.36. The highest BCUT2D eigenvalue weighted by molar-refractivity contribution is 5.93. The summed E-state index contributed by atoms with van der Waals surface area (Å²) in [6.07, 6.45) is 4.74. The van der Waals surface area contributed by atoms with E-state index in [0.717, 1.165) is 16.5 Å². The lowest BCUT2D eigenvalue weighted by Gasteiger charge is -1.98. The number of hydrogen-bond donors (Lipinski definition) is 1. The topological polar surface area (TPSA) is 67.5 Å². The van der Waals surface area contributed by atoms with Crippen molar-refractivity contribution in [1.82, 2.24) is 10.4 Å². The lowest BCUT2D eigenvalue weighted by Crippen LogP contribution is -2.16. The van der Waals surface area contributed by atoms with Gasteiger partial charge in [-0.05, 0) is 29.8 Å². The minimum Gasteiger partial charge on any atom is -0.459 e. The molecule has 0 radical (unpaired) electrons. The van der Waals surface area contributed by atoms with Gasteiger partial charge in [-0.2, -0.15) is 5.10 Å². The van der Waals surface area contributed by atoms with Gasteiger partial charge in [-0.15, -0.1) is 0 Å². The number of aromatic nitrogens is 1. The van der Waals surface area contributed by atoms with Crippen LogP contribution < -0.4 is 5.43 Å². The fourth-order valence-corrected chi connectivity index (χ4v) is 1.79. The van der Waals surface area contributed by atoms with Gasteiger partial charge in [0, 0.05) is 11.6 Å². The number of hydrazone groups is 1. The third-order valence-electron chi connectivity index (χ3n) is 2.75. The molecule has 20 heavy (non-hydrogen) atoms. The Kier molecular flexibility index (Phi) is 3.24. The van der Waals surface area contributed by atoms with Crippen molar-refractivity contribution in [2.75, 3.05) is 0 Å². The number of carbonyl (C=O) groups excluding carboxylic acids is 1. The molecule has 2 heterocycles. The molecule has 1 amide bonds. The molecule has 5 heteroatoms. The molecule has 0 saturated heterocycles. The van der Waals surface area contributed by atoms with Crippen LogP contribution in [0.2, 0.25) is 0 Å². The predicted molar refractivity (Wildman–Crippen MR) is 75.5 cm³/mol. The van der Waals surface area contributed by atoms with Gasteiger partial charge in [-0.1, -0.05) is 18.2 Å². The first kappa shape index (κ1) is 12.1. The Bertz CT molecular complexity index is 764. The highest BCUT2D eigenvalue weighted by atomic mass is 16.3. The van der Waals surface area contributed by atoms with Gasteiger partial charge in [0.15, 0.2) is 5.76 Å². The summed E-state index contributed by atoms with van der Waals surface area (Å²) in [5.41, 5.74) is 4.14. The average Bonchev–Trinajstić information content (AvgIpc) is 3.01. The Balaban J connectivity index is 1.72. The summed E-state index contributed by atoms with van der Waals surface area (Å²) in [5.74, 6) is -0.160. The third-order valence-corrected chi connectivity index (χ3v) is 2.75. The molecular formula is C15H11N3O2. The van der Waals surface area contributed by atoms with Crippen LogP contribution in [0.15, 0.2) is 64.4 Å². The molecule has 0 spiro atoms. The molecule has 0 unspecified atom stereocenters. The van der Waals surface area contributed by atoms with Crippen molar-refractivity contribution in [3.63, 3.8) is 0 Å². The summed E-state index contributed by atoms with van der Waals surface area (Å²) < 4.78 is 4.96. The monoisotopic (exact) mass is 265 g/mol. The van der Waals surface area contributed by atoms with E-state index in [1.54, 1.807) is 24.5 Å². The smallest absolute Gasteiger partial charge is 0.307 e.